The fourth-order valence-electron chi connectivity index (χ4n) is 16.9. The molecule has 4 heteroatoms. The average molecular weight is 1470 g/mol. The molecule has 0 N–H and O–H groups in total. The Balaban J connectivity index is 0.000000140. The van der Waals surface area contributed by atoms with Crippen LogP contribution in [0.1, 0.15) is 100 Å². The van der Waals surface area contributed by atoms with Crippen molar-refractivity contribution in [2.24, 2.45) is 28.2 Å². The summed E-state index contributed by atoms with van der Waals surface area (Å²) in [7, 11) is 8.55. The number of aryl methyl sites for hydroxylation is 22. The Morgan fingerprint density at radius 3 is 0.938 bits per heavy atom. The van der Waals surface area contributed by atoms with E-state index in [9.17, 15) is 0 Å². The van der Waals surface area contributed by atoms with E-state index in [1.54, 1.807) is 0 Å². The molecular weight excluding hydrogens is 1350 g/mol. The molecule has 0 fully saturated rings. The molecular formula is C108H112N4+4. The molecule has 4 heterocycles. The third-order valence-corrected chi connectivity index (χ3v) is 22.6. The highest BCUT2D eigenvalue weighted by Gasteiger charge is 2.25. The van der Waals surface area contributed by atoms with Gasteiger partial charge >= 0.3 is 0 Å². The van der Waals surface area contributed by atoms with Gasteiger partial charge in [-0.2, -0.15) is 0 Å². The van der Waals surface area contributed by atoms with E-state index in [1.165, 1.54) is 223 Å². The molecule has 112 heavy (non-hydrogen) atoms. The first-order valence-corrected chi connectivity index (χ1v) is 39.5. The fraction of sp³-hybridized carbons (Fsp3) is 0.204. The summed E-state index contributed by atoms with van der Waals surface area (Å²) in [5, 5.41) is 0. The predicted molar refractivity (Wildman–Crippen MR) is 476 cm³/mol. The normalized spacial score (nSPS) is 10.9. The van der Waals surface area contributed by atoms with Crippen LogP contribution in [0.25, 0.3) is 123 Å². The van der Waals surface area contributed by atoms with E-state index in [0.717, 1.165) is 0 Å². The standard InChI is InChI=1S/C30H32N.2C29H30N.C20H20N/c1-19-13-22(4)30(23(5)14-19)28-17-29(31(7)18-24(28)6)27-16-26(20(2)15-21(27)3)25-11-9-8-10-12-25;1-19-11-10-12-20(2)29(19)27-17-28(30(6)18-23(27)5)26-16-25(21(3)15-22(26)4)24-13-8-7-9-14-24;1-19-12-13-25(20(2)14-19)27-17-29(30(6)18-23(27)5)28-16-26(21(3)15-22(28)4)24-10-8-7-9-11-24;1-15-8-4-5-9-18(15)17-12-11-16(2)19(14-17)20-10-6-7-13-21(20)3/h8-18H,1-7H3;2*7-18H,1-6H3;4-14H,1-3H3/q4*+1. The molecule has 0 atom stereocenters. The van der Waals surface area contributed by atoms with Gasteiger partial charge < -0.3 is 0 Å². The predicted octanol–water partition coefficient (Wildman–Crippen LogP) is 25.9. The number of rotatable bonds is 11. The van der Waals surface area contributed by atoms with Crippen molar-refractivity contribution in [3.8, 4) is 123 Å². The van der Waals surface area contributed by atoms with Crippen molar-refractivity contribution in [1.29, 1.82) is 0 Å². The third kappa shape index (κ3) is 17.4. The smallest absolute Gasteiger partial charge is 0.201 e. The molecule has 0 saturated carbocycles. The molecule has 0 amide bonds. The number of benzene rings is 11. The van der Waals surface area contributed by atoms with E-state index < -0.39 is 0 Å². The van der Waals surface area contributed by atoms with Gasteiger partial charge in [0.25, 0.3) is 0 Å². The number of aromatic nitrogens is 4. The molecule has 0 aliphatic heterocycles. The van der Waals surface area contributed by atoms with Gasteiger partial charge in [0.05, 0.1) is 0 Å². The maximum absolute atomic E-state index is 2.38. The van der Waals surface area contributed by atoms with Crippen LogP contribution < -0.4 is 18.3 Å². The maximum atomic E-state index is 2.38. The largest absolute Gasteiger partial charge is 0.213 e. The number of pyridine rings is 4. The Bertz CT molecular complexity index is 5950. The van der Waals surface area contributed by atoms with Gasteiger partial charge in [-0.1, -0.05) is 205 Å². The molecule has 15 aromatic rings. The number of hydrogen-bond acceptors (Lipinski definition) is 0. The zero-order valence-corrected chi connectivity index (χ0v) is 70.3. The molecule has 11 aromatic carbocycles. The molecule has 0 radical (unpaired) electrons. The third-order valence-electron chi connectivity index (χ3n) is 22.6. The quantitative estimate of drug-likeness (QED) is 0.115. The van der Waals surface area contributed by atoms with Gasteiger partial charge in [-0.3, -0.25) is 0 Å². The number of nitrogens with zero attached hydrogens (tertiary/aromatic N) is 4. The van der Waals surface area contributed by atoms with Crippen LogP contribution in [0.4, 0.5) is 0 Å². The topological polar surface area (TPSA) is 15.5 Å². The SMILES string of the molecule is Cc1cc(C)c(-c2cc(-c3c(C)cccc3C)c(C)c[n+]2C)cc1-c1ccccc1.Cc1cc(C)c(-c2cc(-c3cc(-c4ccccc4)c(C)cc3C)[n+](C)cc2C)c(C)c1.Cc1ccc(-c2cc(-c3cc(-c4ccccc4)c(C)cc3C)[n+](C)cc2C)c(C)c1.Cc1ccccc1-c1ccc(C)c(-c2cccc[n+]2C)c1. The molecule has 0 aliphatic carbocycles. The maximum Gasteiger partial charge on any atom is 0.213 e. The molecule has 0 unspecified atom stereocenters. The molecule has 4 aromatic heterocycles. The van der Waals surface area contributed by atoms with Crippen molar-refractivity contribution in [3.05, 3.63) is 380 Å². The molecule has 4 nitrogen and oxygen atoms in total. The van der Waals surface area contributed by atoms with E-state index in [2.05, 4.69) is 451 Å². The summed E-state index contributed by atoms with van der Waals surface area (Å²) in [5.74, 6) is 0. The lowest BCUT2D eigenvalue weighted by molar-refractivity contribution is -0.660. The van der Waals surface area contributed by atoms with Crippen LogP contribution in [0.15, 0.2) is 280 Å². The second kappa shape index (κ2) is 34.5. The minimum absolute atomic E-state index is 1.24. The van der Waals surface area contributed by atoms with Crippen LogP contribution >= 0.6 is 0 Å². The van der Waals surface area contributed by atoms with Gasteiger partial charge in [0.2, 0.25) is 22.8 Å². The second-order valence-corrected chi connectivity index (χ2v) is 31.5. The average Bonchev–Trinajstić information content (AvgIpc) is 0.777. The van der Waals surface area contributed by atoms with Crippen molar-refractivity contribution in [2.45, 2.75) is 125 Å². The van der Waals surface area contributed by atoms with Gasteiger partial charge in [-0.25, -0.2) is 18.3 Å². The minimum atomic E-state index is 1.24. The lowest BCUT2D eigenvalue weighted by Gasteiger charge is -2.16. The Kier molecular flexibility index (Phi) is 24.5. The summed E-state index contributed by atoms with van der Waals surface area (Å²) in [6, 6.07) is 92.7. The van der Waals surface area contributed by atoms with E-state index in [0.29, 0.717) is 0 Å². The van der Waals surface area contributed by atoms with Crippen LogP contribution in [0.2, 0.25) is 0 Å². The Morgan fingerprint density at radius 1 is 0.161 bits per heavy atom. The van der Waals surface area contributed by atoms with E-state index >= 15 is 0 Å². The molecule has 0 saturated heterocycles. The van der Waals surface area contributed by atoms with Crippen LogP contribution in [-0.2, 0) is 28.2 Å². The first kappa shape index (κ1) is 79.6. The summed E-state index contributed by atoms with van der Waals surface area (Å²) in [5.41, 5.74) is 52.0. The summed E-state index contributed by atoms with van der Waals surface area (Å²) < 4.78 is 8.96. The molecule has 15 rings (SSSR count). The zero-order chi connectivity index (χ0) is 79.9. The second-order valence-electron chi connectivity index (χ2n) is 31.5. The Hall–Kier alpha value is -12.0. The molecule has 0 spiro atoms. The monoisotopic (exact) mass is 1460 g/mol. The summed E-state index contributed by atoms with van der Waals surface area (Å²) in [6.07, 6.45) is 8.88. The first-order valence-electron chi connectivity index (χ1n) is 39.5. The van der Waals surface area contributed by atoms with Gasteiger partial charge in [0.15, 0.2) is 24.8 Å². The molecule has 0 aliphatic rings. The van der Waals surface area contributed by atoms with E-state index in [-0.39, 0.29) is 0 Å². The summed E-state index contributed by atoms with van der Waals surface area (Å²) >= 11 is 0. The van der Waals surface area contributed by atoms with Crippen molar-refractivity contribution in [3.63, 3.8) is 0 Å². The lowest BCUT2D eigenvalue weighted by Crippen LogP contribution is -2.31. The van der Waals surface area contributed by atoms with E-state index in [1.807, 2.05) is 0 Å². The highest BCUT2D eigenvalue weighted by Crippen LogP contribution is 2.40. The highest BCUT2D eigenvalue weighted by molar-refractivity contribution is 5.84. The Morgan fingerprint density at radius 2 is 0.509 bits per heavy atom. The molecule has 0 bridgehead atoms. The van der Waals surface area contributed by atoms with Gasteiger partial charge in [0, 0.05) is 69.3 Å². The van der Waals surface area contributed by atoms with Crippen molar-refractivity contribution in [2.75, 3.05) is 0 Å². The lowest BCUT2D eigenvalue weighted by atomic mass is 9.89. The van der Waals surface area contributed by atoms with Gasteiger partial charge in [-0.15, -0.1) is 0 Å². The van der Waals surface area contributed by atoms with Gasteiger partial charge in [0.1, 0.15) is 28.2 Å². The van der Waals surface area contributed by atoms with Gasteiger partial charge in [-0.05, 0) is 305 Å². The van der Waals surface area contributed by atoms with E-state index in [4.69, 9.17) is 0 Å². The first-order chi connectivity index (χ1) is 53.6. The van der Waals surface area contributed by atoms with Crippen LogP contribution in [-0.4, -0.2) is 0 Å². The highest BCUT2D eigenvalue weighted by atomic mass is 14.9. The Labute approximate surface area is 669 Å². The van der Waals surface area contributed by atoms with Crippen molar-refractivity contribution >= 4 is 0 Å². The van der Waals surface area contributed by atoms with Crippen LogP contribution in [0.5, 0.6) is 0 Å². The summed E-state index contributed by atoms with van der Waals surface area (Å²) in [6.45, 7) is 39.6. The molecule has 560 valence electrons. The van der Waals surface area contributed by atoms with Crippen molar-refractivity contribution < 1.29 is 18.3 Å². The fourth-order valence-corrected chi connectivity index (χ4v) is 16.9. The minimum Gasteiger partial charge on any atom is -0.201 e. The van der Waals surface area contributed by atoms with Crippen LogP contribution in [0, 0.1) is 125 Å². The van der Waals surface area contributed by atoms with Crippen LogP contribution in [0.3, 0.4) is 0 Å². The zero-order valence-electron chi connectivity index (χ0n) is 70.3. The number of hydrogen-bond donors (Lipinski definition) is 0. The summed E-state index contributed by atoms with van der Waals surface area (Å²) in [4.78, 5) is 0. The van der Waals surface area contributed by atoms with Crippen molar-refractivity contribution in [1.82, 2.24) is 0 Å².